The van der Waals surface area contributed by atoms with Crippen LogP contribution >= 0.6 is 11.8 Å². The fraction of sp³-hybridized carbons (Fsp3) is 0.444. The van der Waals surface area contributed by atoms with Gasteiger partial charge in [-0.05, 0) is 42.5 Å². The third kappa shape index (κ3) is 3.78. The smallest absolute Gasteiger partial charge is 0.268 e. The molecule has 3 rings (SSSR count). The third-order valence-electron chi connectivity index (χ3n) is 4.36. The summed E-state index contributed by atoms with van der Waals surface area (Å²) in [6, 6.07) is 9.28. The molecule has 1 aliphatic carbocycles. The molecule has 2 N–H and O–H groups in total. The van der Waals surface area contributed by atoms with E-state index in [-0.39, 0.29) is 17.5 Å². The monoisotopic (exact) mass is 330 g/mol. The lowest BCUT2D eigenvalue weighted by molar-refractivity contribution is 0.0923. The topological polar surface area (TPSA) is 62.0 Å². The van der Waals surface area contributed by atoms with E-state index in [2.05, 4.69) is 17.2 Å². The fourth-order valence-electron chi connectivity index (χ4n) is 3.26. The van der Waals surface area contributed by atoms with Crippen LogP contribution in [0.4, 0.5) is 0 Å². The molecular weight excluding hydrogens is 308 g/mol. The Labute approximate surface area is 140 Å². The van der Waals surface area contributed by atoms with Gasteiger partial charge in [-0.25, -0.2) is 0 Å². The molecule has 23 heavy (non-hydrogen) atoms. The number of carbonyl (C=O) groups is 1. The minimum absolute atomic E-state index is 0.181. The van der Waals surface area contributed by atoms with Crippen LogP contribution in [-0.2, 0) is 0 Å². The first-order valence-electron chi connectivity index (χ1n) is 8.22. The van der Waals surface area contributed by atoms with Gasteiger partial charge in [0.25, 0.3) is 11.5 Å². The molecule has 1 heterocycles. The highest BCUT2D eigenvalue weighted by Gasteiger charge is 2.23. The summed E-state index contributed by atoms with van der Waals surface area (Å²) in [6.07, 6.45) is 4.42. The molecule has 4 nitrogen and oxygen atoms in total. The number of H-pyrrole nitrogens is 1. The summed E-state index contributed by atoms with van der Waals surface area (Å²) in [5, 5.41) is 5.13. The maximum Gasteiger partial charge on any atom is 0.268 e. The third-order valence-corrected chi connectivity index (χ3v) is 5.59. The number of benzene rings is 1. The Kier molecular flexibility index (Phi) is 5.06. The molecule has 1 aromatic carbocycles. The molecule has 1 aliphatic rings. The van der Waals surface area contributed by atoms with E-state index in [1.54, 1.807) is 12.1 Å². The van der Waals surface area contributed by atoms with Crippen molar-refractivity contribution >= 4 is 28.4 Å². The van der Waals surface area contributed by atoms with Gasteiger partial charge in [0.05, 0.1) is 0 Å². The zero-order chi connectivity index (χ0) is 16.2. The van der Waals surface area contributed by atoms with Gasteiger partial charge < -0.3 is 10.3 Å². The van der Waals surface area contributed by atoms with Gasteiger partial charge in [-0.15, -0.1) is 0 Å². The maximum atomic E-state index is 12.5. The predicted octanol–water partition coefficient (Wildman–Crippen LogP) is 3.32. The number of nitrogens with one attached hydrogen (secondary N) is 2. The minimum atomic E-state index is -0.212. The number of aromatic amines is 1. The number of rotatable bonds is 4. The molecule has 0 aliphatic heterocycles. The van der Waals surface area contributed by atoms with Gasteiger partial charge in [0.2, 0.25) is 0 Å². The lowest BCUT2D eigenvalue weighted by atomic mass is 9.95. The molecule has 2 aromatic rings. The second-order valence-electron chi connectivity index (χ2n) is 6.01. The van der Waals surface area contributed by atoms with Crippen molar-refractivity contribution < 1.29 is 4.79 Å². The van der Waals surface area contributed by atoms with Crippen LogP contribution in [0.5, 0.6) is 0 Å². The number of thioether (sulfide) groups is 1. The van der Waals surface area contributed by atoms with E-state index in [0.717, 1.165) is 30.4 Å². The first-order valence-corrected chi connectivity index (χ1v) is 9.26. The molecule has 122 valence electrons. The quantitative estimate of drug-likeness (QED) is 0.904. The molecule has 1 aromatic heterocycles. The normalized spacial score (nSPS) is 21.3. The second-order valence-corrected chi connectivity index (χ2v) is 7.59. The maximum absolute atomic E-state index is 12.5. The van der Waals surface area contributed by atoms with E-state index >= 15 is 0 Å². The zero-order valence-electron chi connectivity index (χ0n) is 13.3. The molecule has 5 heteroatoms. The Bertz CT molecular complexity index is 754. The number of hydrogen-bond acceptors (Lipinski definition) is 3. The van der Waals surface area contributed by atoms with Crippen molar-refractivity contribution in [3.05, 3.63) is 46.4 Å². The van der Waals surface area contributed by atoms with Gasteiger partial charge in [0, 0.05) is 16.7 Å². The lowest BCUT2D eigenvalue weighted by Gasteiger charge is -2.29. The molecule has 2 atom stereocenters. The van der Waals surface area contributed by atoms with Gasteiger partial charge in [0.1, 0.15) is 5.69 Å². The molecule has 0 spiro atoms. The minimum Gasteiger partial charge on any atom is -0.348 e. The summed E-state index contributed by atoms with van der Waals surface area (Å²) >= 11 is 1.97. The average molecular weight is 330 g/mol. The number of carbonyl (C=O) groups excluding carboxylic acids is 1. The van der Waals surface area contributed by atoms with Crippen LogP contribution in [0.3, 0.4) is 0 Å². The van der Waals surface area contributed by atoms with Crippen LogP contribution in [0.25, 0.3) is 10.8 Å². The molecule has 0 bridgehead atoms. The first-order chi connectivity index (χ1) is 11.2. The van der Waals surface area contributed by atoms with Crippen LogP contribution in [0.15, 0.2) is 35.1 Å². The van der Waals surface area contributed by atoms with Gasteiger partial charge in [0.15, 0.2) is 0 Å². The van der Waals surface area contributed by atoms with E-state index < -0.39 is 0 Å². The van der Waals surface area contributed by atoms with Crippen molar-refractivity contribution in [1.82, 2.24) is 10.3 Å². The summed E-state index contributed by atoms with van der Waals surface area (Å²) in [5.41, 5.74) is 0.135. The van der Waals surface area contributed by atoms with Gasteiger partial charge >= 0.3 is 0 Å². The summed E-state index contributed by atoms with van der Waals surface area (Å²) in [4.78, 5) is 27.3. The molecule has 0 saturated heterocycles. The lowest BCUT2D eigenvalue weighted by Crippen LogP contribution is -2.40. The van der Waals surface area contributed by atoms with Crippen LogP contribution in [0.2, 0.25) is 0 Å². The highest BCUT2D eigenvalue weighted by molar-refractivity contribution is 7.99. The number of hydrogen-bond donors (Lipinski definition) is 2. The largest absolute Gasteiger partial charge is 0.348 e. The van der Waals surface area contributed by atoms with E-state index in [0.29, 0.717) is 16.3 Å². The van der Waals surface area contributed by atoms with Crippen molar-refractivity contribution in [1.29, 1.82) is 0 Å². The number of pyridine rings is 1. The van der Waals surface area contributed by atoms with Crippen molar-refractivity contribution in [2.45, 2.75) is 43.9 Å². The summed E-state index contributed by atoms with van der Waals surface area (Å²) in [7, 11) is 0. The Hall–Kier alpha value is -1.75. The van der Waals surface area contributed by atoms with Gasteiger partial charge in [-0.2, -0.15) is 11.8 Å². The summed E-state index contributed by atoms with van der Waals surface area (Å²) in [6.45, 7) is 2.17. The van der Waals surface area contributed by atoms with E-state index in [1.807, 2.05) is 30.0 Å². The van der Waals surface area contributed by atoms with Gasteiger partial charge in [-0.1, -0.05) is 31.5 Å². The Morgan fingerprint density at radius 3 is 3.00 bits per heavy atom. The van der Waals surface area contributed by atoms with E-state index in [4.69, 9.17) is 0 Å². The molecule has 1 amide bonds. The predicted molar refractivity (Wildman–Crippen MR) is 96.2 cm³/mol. The SMILES string of the molecule is CCS[C@@H]1CCC[C@@H](NC(=O)c2cc3ccccc3c(=O)[nH]2)C1. The molecule has 0 unspecified atom stereocenters. The number of amides is 1. The Morgan fingerprint density at radius 2 is 2.17 bits per heavy atom. The molecule has 0 radical (unpaired) electrons. The van der Waals surface area contributed by atoms with Gasteiger partial charge in [-0.3, -0.25) is 9.59 Å². The van der Waals surface area contributed by atoms with E-state index in [9.17, 15) is 9.59 Å². The van der Waals surface area contributed by atoms with Crippen molar-refractivity contribution in [2.24, 2.45) is 0 Å². The fourth-order valence-corrected chi connectivity index (χ4v) is 4.43. The van der Waals surface area contributed by atoms with Crippen LogP contribution in [-0.4, -0.2) is 27.9 Å². The van der Waals surface area contributed by atoms with Crippen LogP contribution in [0, 0.1) is 0 Å². The molecule has 1 fully saturated rings. The van der Waals surface area contributed by atoms with Crippen molar-refractivity contribution in [2.75, 3.05) is 5.75 Å². The molecular formula is C18H22N2O2S. The molecule has 1 saturated carbocycles. The Morgan fingerprint density at radius 1 is 1.35 bits per heavy atom. The number of aromatic nitrogens is 1. The highest BCUT2D eigenvalue weighted by Crippen LogP contribution is 2.28. The standard InChI is InChI=1S/C18H22N2O2S/c1-2-23-14-8-5-7-13(11-14)19-18(22)16-10-12-6-3-4-9-15(12)17(21)20-16/h3-4,6,9-10,13-14H,2,5,7-8,11H2,1H3,(H,19,22)(H,20,21)/t13-,14-/m1/s1. The average Bonchev–Trinajstić information content (AvgIpc) is 2.55. The van der Waals surface area contributed by atoms with E-state index in [1.165, 1.54) is 6.42 Å². The van der Waals surface area contributed by atoms with Crippen LogP contribution in [0.1, 0.15) is 43.1 Å². The zero-order valence-corrected chi connectivity index (χ0v) is 14.1. The van der Waals surface area contributed by atoms with Crippen LogP contribution < -0.4 is 10.9 Å². The highest BCUT2D eigenvalue weighted by atomic mass is 32.2. The first kappa shape index (κ1) is 16.1. The van der Waals surface area contributed by atoms with Crippen molar-refractivity contribution in [3.63, 3.8) is 0 Å². The van der Waals surface area contributed by atoms with Crippen molar-refractivity contribution in [3.8, 4) is 0 Å². The number of fused-ring (bicyclic) bond motifs is 1. The summed E-state index contributed by atoms with van der Waals surface area (Å²) < 4.78 is 0. The summed E-state index contributed by atoms with van der Waals surface area (Å²) in [5.74, 6) is 0.934. The second kappa shape index (κ2) is 7.21. The Balaban J connectivity index is 1.74.